The van der Waals surface area contributed by atoms with Gasteiger partial charge in [-0.2, -0.15) is 0 Å². The van der Waals surface area contributed by atoms with Crippen LogP contribution in [-0.4, -0.2) is 18.2 Å². The van der Waals surface area contributed by atoms with Crippen LogP contribution in [0, 0.1) is 0 Å². The molecule has 1 aromatic carbocycles. The van der Waals surface area contributed by atoms with Crippen molar-refractivity contribution in [3.8, 4) is 5.75 Å². The zero-order valence-electron chi connectivity index (χ0n) is 8.07. The summed E-state index contributed by atoms with van der Waals surface area (Å²) in [5.41, 5.74) is 1.34. The van der Waals surface area contributed by atoms with Crippen LogP contribution in [0.3, 0.4) is 0 Å². The molecule has 2 rings (SSSR count). The highest BCUT2D eigenvalue weighted by Gasteiger charge is 2.14. The maximum atomic E-state index is 9.14. The van der Waals surface area contributed by atoms with Crippen LogP contribution in [0.5, 0.6) is 5.75 Å². The molecule has 0 aliphatic carbocycles. The van der Waals surface area contributed by atoms with E-state index in [0.717, 1.165) is 13.1 Å². The van der Waals surface area contributed by atoms with Gasteiger partial charge in [0.05, 0.1) is 0 Å². The third-order valence-corrected chi connectivity index (χ3v) is 2.66. The lowest BCUT2D eigenvalue weighted by atomic mass is 9.92. The maximum Gasteiger partial charge on any atom is 0.115 e. The number of rotatable bonds is 1. The first-order chi connectivity index (χ1) is 6.36. The van der Waals surface area contributed by atoms with Gasteiger partial charge in [0.25, 0.3) is 0 Å². The lowest BCUT2D eigenvalue weighted by Crippen LogP contribution is -2.28. The van der Waals surface area contributed by atoms with Crippen molar-refractivity contribution in [1.82, 2.24) is 5.32 Å². The molecule has 0 amide bonds. The summed E-state index contributed by atoms with van der Waals surface area (Å²) >= 11 is 0. The van der Waals surface area contributed by atoms with Crippen LogP contribution in [0.1, 0.15) is 24.3 Å². The number of aromatic hydroxyl groups is 1. The average Bonchev–Trinajstić information content (AvgIpc) is 2.20. The van der Waals surface area contributed by atoms with Gasteiger partial charge < -0.3 is 10.4 Å². The minimum atomic E-state index is 0. The average molecular weight is 214 g/mol. The van der Waals surface area contributed by atoms with E-state index in [1.807, 2.05) is 12.1 Å². The second-order valence-electron chi connectivity index (χ2n) is 3.63. The molecule has 0 bridgehead atoms. The molecule has 1 unspecified atom stereocenters. The highest BCUT2D eigenvalue weighted by Crippen LogP contribution is 2.24. The maximum absolute atomic E-state index is 9.14. The fraction of sp³-hybridized carbons (Fsp3) is 0.455. The van der Waals surface area contributed by atoms with Crippen LogP contribution >= 0.6 is 12.4 Å². The van der Waals surface area contributed by atoms with Gasteiger partial charge in [-0.05, 0) is 43.0 Å². The van der Waals surface area contributed by atoms with Gasteiger partial charge in [-0.15, -0.1) is 12.4 Å². The highest BCUT2D eigenvalue weighted by molar-refractivity contribution is 5.85. The number of phenols is 1. The van der Waals surface area contributed by atoms with Crippen molar-refractivity contribution in [2.24, 2.45) is 0 Å². The Labute approximate surface area is 90.7 Å². The quantitative estimate of drug-likeness (QED) is 0.750. The van der Waals surface area contributed by atoms with Crippen LogP contribution in [0.15, 0.2) is 24.3 Å². The Morgan fingerprint density at radius 3 is 2.50 bits per heavy atom. The molecule has 2 N–H and O–H groups in total. The molecule has 0 radical (unpaired) electrons. The minimum Gasteiger partial charge on any atom is -0.508 e. The van der Waals surface area contributed by atoms with E-state index in [4.69, 9.17) is 5.11 Å². The first-order valence-corrected chi connectivity index (χ1v) is 4.86. The summed E-state index contributed by atoms with van der Waals surface area (Å²) in [5, 5.41) is 12.5. The number of hydrogen-bond acceptors (Lipinski definition) is 2. The van der Waals surface area contributed by atoms with E-state index in [0.29, 0.717) is 11.7 Å². The molecule has 1 aliphatic rings. The number of nitrogens with one attached hydrogen (secondary N) is 1. The van der Waals surface area contributed by atoms with Gasteiger partial charge in [-0.25, -0.2) is 0 Å². The number of piperidine rings is 1. The topological polar surface area (TPSA) is 32.3 Å². The summed E-state index contributed by atoms with van der Waals surface area (Å²) in [6.45, 7) is 2.22. The molecule has 1 atom stereocenters. The van der Waals surface area contributed by atoms with Crippen LogP contribution in [-0.2, 0) is 0 Å². The molecule has 1 fully saturated rings. The summed E-state index contributed by atoms with van der Waals surface area (Å²) in [7, 11) is 0. The number of halogens is 1. The molecular formula is C11H16ClNO. The monoisotopic (exact) mass is 213 g/mol. The predicted octanol–water partition coefficient (Wildman–Crippen LogP) is 2.28. The molecule has 1 aromatic rings. The number of phenolic OH excluding ortho intramolecular Hbond substituents is 1. The normalized spacial score (nSPS) is 21.3. The molecule has 0 saturated carbocycles. The highest BCUT2D eigenvalue weighted by atomic mass is 35.5. The van der Waals surface area contributed by atoms with Crippen molar-refractivity contribution < 1.29 is 5.11 Å². The predicted molar refractivity (Wildman–Crippen MR) is 60.2 cm³/mol. The van der Waals surface area contributed by atoms with Gasteiger partial charge in [-0.3, -0.25) is 0 Å². The third-order valence-electron chi connectivity index (χ3n) is 2.66. The lowest BCUT2D eigenvalue weighted by Gasteiger charge is -2.22. The van der Waals surface area contributed by atoms with Crippen molar-refractivity contribution in [3.05, 3.63) is 29.8 Å². The standard InChI is InChI=1S/C11H15NO.ClH/c13-11-5-3-9(4-6-11)10-2-1-7-12-8-10;/h3-6,10,12-13H,1-2,7-8H2;1H. The van der Waals surface area contributed by atoms with Gasteiger partial charge in [-0.1, -0.05) is 12.1 Å². The van der Waals surface area contributed by atoms with E-state index in [1.165, 1.54) is 18.4 Å². The van der Waals surface area contributed by atoms with Crippen molar-refractivity contribution in [2.75, 3.05) is 13.1 Å². The van der Waals surface area contributed by atoms with Crippen LogP contribution in [0.4, 0.5) is 0 Å². The van der Waals surface area contributed by atoms with E-state index in [2.05, 4.69) is 5.32 Å². The molecule has 3 heteroatoms. The molecule has 2 nitrogen and oxygen atoms in total. The zero-order valence-corrected chi connectivity index (χ0v) is 8.89. The Hall–Kier alpha value is -0.730. The fourth-order valence-corrected chi connectivity index (χ4v) is 1.88. The molecule has 0 aromatic heterocycles. The van der Waals surface area contributed by atoms with Crippen LogP contribution in [0.2, 0.25) is 0 Å². The summed E-state index contributed by atoms with van der Waals surface area (Å²) in [5.74, 6) is 0.988. The Morgan fingerprint density at radius 2 is 1.93 bits per heavy atom. The van der Waals surface area contributed by atoms with Crippen molar-refractivity contribution in [3.63, 3.8) is 0 Å². The lowest BCUT2D eigenvalue weighted by molar-refractivity contribution is 0.458. The van der Waals surface area contributed by atoms with Gasteiger partial charge >= 0.3 is 0 Å². The van der Waals surface area contributed by atoms with E-state index < -0.39 is 0 Å². The largest absolute Gasteiger partial charge is 0.508 e. The van der Waals surface area contributed by atoms with Crippen LogP contribution in [0.25, 0.3) is 0 Å². The van der Waals surface area contributed by atoms with Gasteiger partial charge in [0, 0.05) is 6.54 Å². The number of benzene rings is 1. The van der Waals surface area contributed by atoms with E-state index in [9.17, 15) is 0 Å². The molecule has 14 heavy (non-hydrogen) atoms. The zero-order chi connectivity index (χ0) is 9.10. The SMILES string of the molecule is Cl.Oc1ccc(C2CCCNC2)cc1. The fourth-order valence-electron chi connectivity index (χ4n) is 1.88. The molecule has 0 spiro atoms. The first kappa shape index (κ1) is 11.3. The summed E-state index contributed by atoms with van der Waals surface area (Å²) < 4.78 is 0. The van der Waals surface area contributed by atoms with Gasteiger partial charge in [0.2, 0.25) is 0 Å². The van der Waals surface area contributed by atoms with Crippen molar-refractivity contribution >= 4 is 12.4 Å². The van der Waals surface area contributed by atoms with E-state index in [-0.39, 0.29) is 12.4 Å². The van der Waals surface area contributed by atoms with Gasteiger partial charge in [0.15, 0.2) is 0 Å². The Bertz CT molecular complexity index is 267. The second kappa shape index (κ2) is 5.23. The number of hydrogen-bond donors (Lipinski definition) is 2. The van der Waals surface area contributed by atoms with Crippen molar-refractivity contribution in [1.29, 1.82) is 0 Å². The van der Waals surface area contributed by atoms with Gasteiger partial charge in [0.1, 0.15) is 5.75 Å². The molecule has 78 valence electrons. The van der Waals surface area contributed by atoms with Crippen molar-refractivity contribution in [2.45, 2.75) is 18.8 Å². The molecular weight excluding hydrogens is 198 g/mol. The third kappa shape index (κ3) is 2.63. The van der Waals surface area contributed by atoms with E-state index >= 15 is 0 Å². The Morgan fingerprint density at radius 1 is 1.21 bits per heavy atom. The first-order valence-electron chi connectivity index (χ1n) is 4.86. The Balaban J connectivity index is 0.000000980. The van der Waals surface area contributed by atoms with Crippen LogP contribution < -0.4 is 5.32 Å². The molecule has 1 saturated heterocycles. The molecule has 1 aliphatic heterocycles. The summed E-state index contributed by atoms with van der Waals surface area (Å²) in [4.78, 5) is 0. The summed E-state index contributed by atoms with van der Waals surface area (Å²) in [6.07, 6.45) is 2.52. The molecule has 1 heterocycles. The second-order valence-corrected chi connectivity index (χ2v) is 3.63. The smallest absolute Gasteiger partial charge is 0.115 e. The van der Waals surface area contributed by atoms with E-state index in [1.54, 1.807) is 12.1 Å². The summed E-state index contributed by atoms with van der Waals surface area (Å²) in [6, 6.07) is 7.58. The Kier molecular flexibility index (Phi) is 4.23. The minimum absolute atomic E-state index is 0.